The Labute approximate surface area is 180 Å². The van der Waals surface area contributed by atoms with Gasteiger partial charge in [-0.3, -0.25) is 9.69 Å². The van der Waals surface area contributed by atoms with E-state index in [0.29, 0.717) is 42.7 Å². The number of nitrogens with zero attached hydrogens (tertiary/aromatic N) is 1. The molecule has 30 heavy (non-hydrogen) atoms. The Morgan fingerprint density at radius 1 is 1.10 bits per heavy atom. The van der Waals surface area contributed by atoms with Gasteiger partial charge in [0, 0.05) is 25.2 Å². The lowest BCUT2D eigenvalue weighted by Gasteiger charge is -2.32. The fourth-order valence-electron chi connectivity index (χ4n) is 3.89. The molecule has 1 unspecified atom stereocenters. The molecule has 2 aromatic rings. The molecule has 5 heteroatoms. The van der Waals surface area contributed by atoms with Gasteiger partial charge in [0.15, 0.2) is 11.5 Å². The average molecular weight is 411 g/mol. The Hall–Kier alpha value is -2.53. The molecule has 5 nitrogen and oxygen atoms in total. The molecule has 2 aromatic carbocycles. The molecular weight excluding hydrogens is 376 g/mol. The van der Waals surface area contributed by atoms with Gasteiger partial charge in [-0.15, -0.1) is 0 Å². The van der Waals surface area contributed by atoms with E-state index < -0.39 is 0 Å². The zero-order valence-corrected chi connectivity index (χ0v) is 18.2. The monoisotopic (exact) mass is 410 g/mol. The molecule has 1 atom stereocenters. The summed E-state index contributed by atoms with van der Waals surface area (Å²) >= 11 is 0. The molecule has 3 rings (SSSR count). The van der Waals surface area contributed by atoms with Gasteiger partial charge in [-0.2, -0.15) is 0 Å². The van der Waals surface area contributed by atoms with Crippen LogP contribution in [0.5, 0.6) is 11.5 Å². The Balaban J connectivity index is 1.53. The minimum Gasteiger partial charge on any atom is -0.490 e. The summed E-state index contributed by atoms with van der Waals surface area (Å²) in [5, 5.41) is 3.12. The lowest BCUT2D eigenvalue weighted by molar-refractivity contribution is 0.0930. The van der Waals surface area contributed by atoms with Crippen molar-refractivity contribution in [3.05, 3.63) is 59.7 Å². The number of carbonyl (C=O) groups is 1. The van der Waals surface area contributed by atoms with E-state index in [-0.39, 0.29) is 5.91 Å². The van der Waals surface area contributed by atoms with Crippen LogP contribution < -0.4 is 14.8 Å². The third kappa shape index (κ3) is 6.49. The van der Waals surface area contributed by atoms with Gasteiger partial charge in [0.05, 0.1) is 13.2 Å². The second-order valence-electron chi connectivity index (χ2n) is 7.88. The molecule has 1 N–H and O–H groups in total. The van der Waals surface area contributed by atoms with Crippen molar-refractivity contribution in [1.82, 2.24) is 10.2 Å². The summed E-state index contributed by atoms with van der Waals surface area (Å²) in [6, 6.07) is 16.0. The van der Waals surface area contributed by atoms with Gasteiger partial charge in [0.1, 0.15) is 0 Å². The van der Waals surface area contributed by atoms with Crippen LogP contribution in [0.2, 0.25) is 0 Å². The van der Waals surface area contributed by atoms with Crippen LogP contribution >= 0.6 is 0 Å². The molecule has 162 valence electrons. The highest BCUT2D eigenvalue weighted by molar-refractivity contribution is 5.94. The van der Waals surface area contributed by atoms with Crippen molar-refractivity contribution in [2.75, 3.05) is 32.8 Å². The van der Waals surface area contributed by atoms with Crippen LogP contribution in [0.1, 0.15) is 49.0 Å². The maximum absolute atomic E-state index is 12.7. The van der Waals surface area contributed by atoms with E-state index >= 15 is 0 Å². The number of hydrogen-bond acceptors (Lipinski definition) is 4. The van der Waals surface area contributed by atoms with Gasteiger partial charge in [-0.25, -0.2) is 0 Å². The highest BCUT2D eigenvalue weighted by atomic mass is 16.5. The predicted octanol–water partition coefficient (Wildman–Crippen LogP) is 4.52. The molecule has 1 saturated heterocycles. The Bertz CT molecular complexity index is 794. The Kier molecular flexibility index (Phi) is 8.57. The summed E-state index contributed by atoms with van der Waals surface area (Å²) in [6.07, 6.45) is 3.25. The molecule has 0 saturated carbocycles. The van der Waals surface area contributed by atoms with Gasteiger partial charge in [0.25, 0.3) is 5.91 Å². The summed E-state index contributed by atoms with van der Waals surface area (Å²) in [7, 11) is 0. The minimum absolute atomic E-state index is 0.0572. The van der Waals surface area contributed by atoms with Crippen LogP contribution in [0.4, 0.5) is 0 Å². The van der Waals surface area contributed by atoms with Crippen LogP contribution in [-0.4, -0.2) is 43.7 Å². The summed E-state index contributed by atoms with van der Waals surface area (Å²) in [5.41, 5.74) is 1.95. The molecule has 1 aliphatic rings. The highest BCUT2D eigenvalue weighted by Crippen LogP contribution is 2.29. The van der Waals surface area contributed by atoms with E-state index in [0.717, 1.165) is 32.5 Å². The van der Waals surface area contributed by atoms with Gasteiger partial charge in [-0.05, 0) is 62.4 Å². The van der Waals surface area contributed by atoms with Crippen LogP contribution in [0.15, 0.2) is 48.5 Å². The van der Waals surface area contributed by atoms with Crippen molar-refractivity contribution in [2.24, 2.45) is 5.92 Å². The summed E-state index contributed by atoms with van der Waals surface area (Å²) in [6.45, 7) is 8.97. The van der Waals surface area contributed by atoms with E-state index in [4.69, 9.17) is 9.47 Å². The second-order valence-corrected chi connectivity index (χ2v) is 7.88. The summed E-state index contributed by atoms with van der Waals surface area (Å²) < 4.78 is 11.4. The van der Waals surface area contributed by atoms with Gasteiger partial charge < -0.3 is 14.8 Å². The number of benzene rings is 2. The van der Waals surface area contributed by atoms with Crippen molar-refractivity contribution >= 4 is 5.91 Å². The first kappa shape index (κ1) is 22.2. The number of amides is 1. The summed E-state index contributed by atoms with van der Waals surface area (Å²) in [5.74, 6) is 1.74. The van der Waals surface area contributed by atoms with Crippen LogP contribution in [-0.2, 0) is 6.54 Å². The van der Waals surface area contributed by atoms with Crippen molar-refractivity contribution in [3.8, 4) is 11.5 Å². The largest absolute Gasteiger partial charge is 0.490 e. The number of rotatable bonds is 10. The zero-order valence-electron chi connectivity index (χ0n) is 18.2. The highest BCUT2D eigenvalue weighted by Gasteiger charge is 2.21. The first-order chi connectivity index (χ1) is 14.7. The minimum atomic E-state index is -0.0572. The standard InChI is InChI=1S/C25H34N2O3/c1-3-15-30-23-13-12-22(16-24(23)29-4-2)25(28)26-17-21-11-8-14-27(19-21)18-20-9-6-5-7-10-20/h5-7,9-10,12-13,16,21H,3-4,8,11,14-15,17-19H2,1-2H3,(H,26,28). The van der Waals surface area contributed by atoms with Crippen LogP contribution in [0, 0.1) is 5.92 Å². The zero-order chi connectivity index (χ0) is 21.2. The molecule has 0 aliphatic carbocycles. The molecule has 1 amide bonds. The third-order valence-electron chi connectivity index (χ3n) is 5.37. The number of nitrogens with one attached hydrogen (secondary N) is 1. The number of piperidine rings is 1. The molecule has 1 fully saturated rings. The fraction of sp³-hybridized carbons (Fsp3) is 0.480. The Morgan fingerprint density at radius 2 is 1.93 bits per heavy atom. The van der Waals surface area contributed by atoms with Crippen molar-refractivity contribution in [2.45, 2.75) is 39.7 Å². The Morgan fingerprint density at radius 3 is 2.70 bits per heavy atom. The lowest BCUT2D eigenvalue weighted by atomic mass is 9.97. The average Bonchev–Trinajstić information content (AvgIpc) is 2.78. The van der Waals surface area contributed by atoms with Gasteiger partial charge >= 0.3 is 0 Å². The van der Waals surface area contributed by atoms with Gasteiger partial charge in [-0.1, -0.05) is 37.3 Å². The van der Waals surface area contributed by atoms with Crippen LogP contribution in [0.25, 0.3) is 0 Å². The molecule has 0 spiro atoms. The van der Waals surface area contributed by atoms with Crippen molar-refractivity contribution in [3.63, 3.8) is 0 Å². The first-order valence-corrected chi connectivity index (χ1v) is 11.1. The smallest absolute Gasteiger partial charge is 0.251 e. The van der Waals surface area contributed by atoms with Crippen LogP contribution in [0.3, 0.4) is 0 Å². The summed E-state index contributed by atoms with van der Waals surface area (Å²) in [4.78, 5) is 15.2. The number of ether oxygens (including phenoxy) is 2. The van der Waals surface area contributed by atoms with E-state index in [1.807, 2.05) is 19.1 Å². The normalized spacial score (nSPS) is 16.8. The second kappa shape index (κ2) is 11.6. The predicted molar refractivity (Wildman–Crippen MR) is 120 cm³/mol. The maximum Gasteiger partial charge on any atom is 0.251 e. The van der Waals surface area contributed by atoms with Gasteiger partial charge in [0.2, 0.25) is 0 Å². The van der Waals surface area contributed by atoms with E-state index in [1.54, 1.807) is 6.07 Å². The quantitative estimate of drug-likeness (QED) is 0.626. The van der Waals surface area contributed by atoms with E-state index in [1.165, 1.54) is 12.0 Å². The number of likely N-dealkylation sites (tertiary alicyclic amines) is 1. The molecular formula is C25H34N2O3. The molecule has 1 aliphatic heterocycles. The first-order valence-electron chi connectivity index (χ1n) is 11.1. The van der Waals surface area contributed by atoms with Crippen molar-refractivity contribution in [1.29, 1.82) is 0 Å². The molecule has 0 aromatic heterocycles. The lowest BCUT2D eigenvalue weighted by Crippen LogP contribution is -2.40. The van der Waals surface area contributed by atoms with E-state index in [9.17, 15) is 4.79 Å². The SMILES string of the molecule is CCCOc1ccc(C(=O)NCC2CCCN(Cc3ccccc3)C2)cc1OCC. The molecule has 1 heterocycles. The fourth-order valence-corrected chi connectivity index (χ4v) is 3.89. The topological polar surface area (TPSA) is 50.8 Å². The van der Waals surface area contributed by atoms with Crippen molar-refractivity contribution < 1.29 is 14.3 Å². The molecule has 0 radical (unpaired) electrons. The molecule has 0 bridgehead atoms. The number of carbonyl (C=O) groups excluding carboxylic acids is 1. The third-order valence-corrected chi connectivity index (χ3v) is 5.37. The van der Waals surface area contributed by atoms with E-state index in [2.05, 4.69) is 47.5 Å². The maximum atomic E-state index is 12.7. The number of hydrogen-bond donors (Lipinski definition) is 1.